The van der Waals surface area contributed by atoms with Gasteiger partial charge in [0.1, 0.15) is 5.69 Å². The van der Waals surface area contributed by atoms with Crippen LogP contribution in [0.1, 0.15) is 34.6 Å². The van der Waals surface area contributed by atoms with Gasteiger partial charge < -0.3 is 5.32 Å². The average Bonchev–Trinajstić information content (AvgIpc) is 2.55. The predicted octanol–water partition coefficient (Wildman–Crippen LogP) is 3.43. The number of hydrogen-bond donors (Lipinski definition) is 1. The van der Waals surface area contributed by atoms with E-state index in [4.69, 9.17) is 0 Å². The first kappa shape index (κ1) is 14.2. The van der Waals surface area contributed by atoms with Crippen LogP contribution in [0.4, 0.5) is 0 Å². The first-order valence-electron chi connectivity index (χ1n) is 7.22. The number of carbonyl (C=O) groups is 1. The van der Waals surface area contributed by atoms with Gasteiger partial charge in [0.05, 0.1) is 11.6 Å². The molecule has 4 heteroatoms. The molecule has 0 aliphatic carbocycles. The number of nitrogens with one attached hydrogen (secondary N) is 1. The van der Waals surface area contributed by atoms with Crippen molar-refractivity contribution in [2.24, 2.45) is 0 Å². The monoisotopic (exact) mass is 291 g/mol. The van der Waals surface area contributed by atoms with Gasteiger partial charge in [0.15, 0.2) is 0 Å². The summed E-state index contributed by atoms with van der Waals surface area (Å²) >= 11 is 0. The van der Waals surface area contributed by atoms with Crippen LogP contribution in [-0.2, 0) is 0 Å². The van der Waals surface area contributed by atoms with Crippen LogP contribution in [-0.4, -0.2) is 15.9 Å². The van der Waals surface area contributed by atoms with Gasteiger partial charge in [-0.25, -0.2) is 4.98 Å². The lowest BCUT2D eigenvalue weighted by Gasteiger charge is -2.14. The molecule has 0 aliphatic rings. The largest absolute Gasteiger partial charge is 0.344 e. The smallest absolute Gasteiger partial charge is 0.270 e. The molecule has 110 valence electrons. The maximum absolute atomic E-state index is 12.4. The number of hydrogen-bond acceptors (Lipinski definition) is 3. The Morgan fingerprint density at radius 3 is 2.64 bits per heavy atom. The Balaban J connectivity index is 1.85. The maximum Gasteiger partial charge on any atom is 0.270 e. The van der Waals surface area contributed by atoms with Gasteiger partial charge in [-0.1, -0.05) is 30.3 Å². The molecular weight excluding hydrogens is 274 g/mol. The van der Waals surface area contributed by atoms with E-state index in [1.807, 2.05) is 50.2 Å². The molecule has 3 rings (SSSR count). The van der Waals surface area contributed by atoms with Crippen molar-refractivity contribution >= 4 is 16.8 Å². The Morgan fingerprint density at radius 2 is 1.86 bits per heavy atom. The fraction of sp³-hybridized carbons (Fsp3) is 0.167. The van der Waals surface area contributed by atoms with Crippen LogP contribution in [0.2, 0.25) is 0 Å². The molecule has 0 radical (unpaired) electrons. The summed E-state index contributed by atoms with van der Waals surface area (Å²) in [7, 11) is 0. The first-order valence-corrected chi connectivity index (χ1v) is 7.22. The standard InChI is InChI=1S/C18H17N3O/c1-12-10-19-11-15-8-9-16(21-17(12)15)18(22)20-13(2)14-6-4-3-5-7-14/h3-11,13H,1-2H3,(H,20,22)/t13-/m1/s1. The Hall–Kier alpha value is -2.75. The summed E-state index contributed by atoms with van der Waals surface area (Å²) in [6, 6.07) is 13.4. The van der Waals surface area contributed by atoms with Gasteiger partial charge in [0, 0.05) is 17.8 Å². The third kappa shape index (κ3) is 2.81. The van der Waals surface area contributed by atoms with Crippen molar-refractivity contribution in [3.8, 4) is 0 Å². The minimum Gasteiger partial charge on any atom is -0.344 e. The molecule has 22 heavy (non-hydrogen) atoms. The predicted molar refractivity (Wildman–Crippen MR) is 86.6 cm³/mol. The summed E-state index contributed by atoms with van der Waals surface area (Å²) in [5, 5.41) is 3.92. The number of aryl methyl sites for hydroxylation is 1. The highest BCUT2D eigenvalue weighted by atomic mass is 16.1. The molecule has 0 unspecified atom stereocenters. The molecule has 1 atom stereocenters. The lowest BCUT2D eigenvalue weighted by atomic mass is 10.1. The molecule has 1 N–H and O–H groups in total. The Bertz CT molecular complexity index is 815. The van der Waals surface area contributed by atoms with Gasteiger partial charge in [-0.15, -0.1) is 0 Å². The second-order valence-corrected chi connectivity index (χ2v) is 5.33. The quantitative estimate of drug-likeness (QED) is 0.804. The molecule has 2 heterocycles. The van der Waals surface area contributed by atoms with Crippen molar-refractivity contribution in [3.63, 3.8) is 0 Å². The van der Waals surface area contributed by atoms with Gasteiger partial charge in [0.2, 0.25) is 0 Å². The van der Waals surface area contributed by atoms with Crippen LogP contribution < -0.4 is 5.32 Å². The number of nitrogens with zero attached hydrogens (tertiary/aromatic N) is 2. The summed E-state index contributed by atoms with van der Waals surface area (Å²) in [5.41, 5.74) is 3.26. The molecule has 1 aromatic carbocycles. The Labute approximate surface area is 129 Å². The zero-order valence-corrected chi connectivity index (χ0v) is 12.6. The van der Waals surface area contributed by atoms with Crippen molar-refractivity contribution in [1.82, 2.24) is 15.3 Å². The number of rotatable bonds is 3. The minimum absolute atomic E-state index is 0.0651. The van der Waals surface area contributed by atoms with Crippen molar-refractivity contribution in [3.05, 3.63) is 71.7 Å². The van der Waals surface area contributed by atoms with Crippen LogP contribution in [0.25, 0.3) is 10.9 Å². The lowest BCUT2D eigenvalue weighted by molar-refractivity contribution is 0.0935. The number of benzene rings is 1. The van der Waals surface area contributed by atoms with Crippen molar-refractivity contribution < 1.29 is 4.79 Å². The van der Waals surface area contributed by atoms with E-state index >= 15 is 0 Å². The van der Waals surface area contributed by atoms with Crippen LogP contribution in [0, 0.1) is 6.92 Å². The molecular formula is C18H17N3O. The fourth-order valence-electron chi connectivity index (χ4n) is 2.40. The summed E-state index contributed by atoms with van der Waals surface area (Å²) in [4.78, 5) is 21.0. The van der Waals surface area contributed by atoms with Gasteiger partial charge in [-0.3, -0.25) is 9.78 Å². The normalized spacial score (nSPS) is 12.1. The molecule has 2 aromatic heterocycles. The van der Waals surface area contributed by atoms with E-state index in [1.54, 1.807) is 18.5 Å². The van der Waals surface area contributed by atoms with Crippen LogP contribution in [0.15, 0.2) is 54.9 Å². The third-order valence-corrected chi connectivity index (χ3v) is 3.66. The summed E-state index contributed by atoms with van der Waals surface area (Å²) in [6.45, 7) is 3.90. The van der Waals surface area contributed by atoms with Gasteiger partial charge >= 0.3 is 0 Å². The lowest BCUT2D eigenvalue weighted by Crippen LogP contribution is -2.27. The number of pyridine rings is 2. The first-order chi connectivity index (χ1) is 10.6. The zero-order valence-electron chi connectivity index (χ0n) is 12.6. The van der Waals surface area contributed by atoms with Gasteiger partial charge in [-0.05, 0) is 37.1 Å². The molecule has 0 bridgehead atoms. The molecule has 0 fully saturated rings. The van der Waals surface area contributed by atoms with Crippen molar-refractivity contribution in [1.29, 1.82) is 0 Å². The van der Waals surface area contributed by atoms with E-state index in [9.17, 15) is 4.79 Å². The van der Waals surface area contributed by atoms with E-state index < -0.39 is 0 Å². The topological polar surface area (TPSA) is 54.9 Å². The molecule has 0 spiro atoms. The van der Waals surface area contributed by atoms with Crippen LogP contribution in [0.5, 0.6) is 0 Å². The van der Waals surface area contributed by atoms with E-state index in [0.29, 0.717) is 5.69 Å². The van der Waals surface area contributed by atoms with E-state index in [2.05, 4.69) is 15.3 Å². The second kappa shape index (κ2) is 5.93. The average molecular weight is 291 g/mol. The third-order valence-electron chi connectivity index (χ3n) is 3.66. The number of carbonyl (C=O) groups excluding carboxylic acids is 1. The fourth-order valence-corrected chi connectivity index (χ4v) is 2.40. The summed E-state index contributed by atoms with van der Waals surface area (Å²) < 4.78 is 0. The maximum atomic E-state index is 12.4. The molecule has 0 aliphatic heterocycles. The van der Waals surface area contributed by atoms with E-state index in [-0.39, 0.29) is 11.9 Å². The molecule has 0 saturated carbocycles. The number of amides is 1. The second-order valence-electron chi connectivity index (χ2n) is 5.33. The van der Waals surface area contributed by atoms with Crippen molar-refractivity contribution in [2.75, 3.05) is 0 Å². The van der Waals surface area contributed by atoms with Crippen LogP contribution >= 0.6 is 0 Å². The number of fused-ring (bicyclic) bond motifs is 1. The molecule has 1 amide bonds. The van der Waals surface area contributed by atoms with Gasteiger partial charge in [0.25, 0.3) is 5.91 Å². The van der Waals surface area contributed by atoms with E-state index in [0.717, 1.165) is 22.0 Å². The SMILES string of the molecule is Cc1cncc2ccc(C(=O)N[C@H](C)c3ccccc3)nc12. The highest BCUT2D eigenvalue weighted by Crippen LogP contribution is 2.16. The molecule has 0 saturated heterocycles. The van der Waals surface area contributed by atoms with Crippen molar-refractivity contribution in [2.45, 2.75) is 19.9 Å². The highest BCUT2D eigenvalue weighted by Gasteiger charge is 2.13. The Morgan fingerprint density at radius 1 is 1.09 bits per heavy atom. The van der Waals surface area contributed by atoms with Crippen LogP contribution in [0.3, 0.4) is 0 Å². The highest BCUT2D eigenvalue weighted by molar-refractivity contribution is 5.95. The number of aromatic nitrogens is 2. The Kier molecular flexibility index (Phi) is 3.83. The van der Waals surface area contributed by atoms with E-state index in [1.165, 1.54) is 0 Å². The summed E-state index contributed by atoms with van der Waals surface area (Å²) in [6.07, 6.45) is 3.51. The zero-order chi connectivity index (χ0) is 15.5. The summed E-state index contributed by atoms with van der Waals surface area (Å²) in [5.74, 6) is -0.172. The molecule has 3 aromatic rings. The van der Waals surface area contributed by atoms with Gasteiger partial charge in [-0.2, -0.15) is 0 Å². The molecule has 4 nitrogen and oxygen atoms in total. The minimum atomic E-state index is -0.172.